The van der Waals surface area contributed by atoms with Gasteiger partial charge in [0.2, 0.25) is 0 Å². The van der Waals surface area contributed by atoms with Gasteiger partial charge in [0.25, 0.3) is 0 Å². The van der Waals surface area contributed by atoms with E-state index >= 15 is 0 Å². The van der Waals surface area contributed by atoms with Crippen LogP contribution in [0.3, 0.4) is 0 Å². The molecule has 2 saturated carbocycles. The molecule has 0 bridgehead atoms. The molecule has 0 radical (unpaired) electrons. The van der Waals surface area contributed by atoms with Crippen molar-refractivity contribution in [2.45, 2.75) is 77.9 Å². The van der Waals surface area contributed by atoms with E-state index in [-0.39, 0.29) is 5.79 Å². The van der Waals surface area contributed by atoms with E-state index < -0.39 is 0 Å². The second-order valence-corrected chi connectivity index (χ2v) is 10.2. The van der Waals surface area contributed by atoms with Crippen molar-refractivity contribution in [3.8, 4) is 0 Å². The Morgan fingerprint density at radius 3 is 2.48 bits per heavy atom. The van der Waals surface area contributed by atoms with E-state index in [1.54, 1.807) is 0 Å². The Morgan fingerprint density at radius 2 is 1.80 bits per heavy atom. The summed E-state index contributed by atoms with van der Waals surface area (Å²) >= 11 is 0. The van der Waals surface area contributed by atoms with Gasteiger partial charge in [-0.15, -0.1) is 0 Å². The van der Waals surface area contributed by atoms with Crippen LogP contribution in [0.25, 0.3) is 0 Å². The van der Waals surface area contributed by atoms with Crippen LogP contribution in [0.5, 0.6) is 0 Å². The molecule has 0 aromatic heterocycles. The zero-order chi connectivity index (χ0) is 17.5. The van der Waals surface area contributed by atoms with Crippen LogP contribution < -0.4 is 5.32 Å². The van der Waals surface area contributed by atoms with Crippen molar-refractivity contribution in [2.24, 2.45) is 35.0 Å². The van der Waals surface area contributed by atoms with Gasteiger partial charge in [0, 0.05) is 19.4 Å². The number of hydrogen-bond acceptors (Lipinski definition) is 3. The number of nitrogens with one attached hydrogen (secondary N) is 1. The largest absolute Gasteiger partial charge is 0.348 e. The van der Waals surface area contributed by atoms with Gasteiger partial charge in [-0.05, 0) is 80.1 Å². The molecule has 4 fully saturated rings. The van der Waals surface area contributed by atoms with Crippen molar-refractivity contribution < 1.29 is 9.47 Å². The Balaban J connectivity index is 1.39. The van der Waals surface area contributed by atoms with Gasteiger partial charge in [0.15, 0.2) is 5.79 Å². The molecule has 144 valence electrons. The predicted molar refractivity (Wildman–Crippen MR) is 101 cm³/mol. The molecule has 0 amide bonds. The Bertz CT molecular complexity index is 451. The first-order valence-corrected chi connectivity index (χ1v) is 11.0. The summed E-state index contributed by atoms with van der Waals surface area (Å²) in [6.07, 6.45) is 10.7. The fourth-order valence-corrected chi connectivity index (χ4v) is 6.76. The summed E-state index contributed by atoms with van der Waals surface area (Å²) in [5, 5.41) is 3.62. The van der Waals surface area contributed by atoms with E-state index in [0.29, 0.717) is 5.41 Å². The molecule has 25 heavy (non-hydrogen) atoms. The third-order valence-corrected chi connectivity index (χ3v) is 8.26. The lowest BCUT2D eigenvalue weighted by Gasteiger charge is -2.44. The van der Waals surface area contributed by atoms with E-state index in [0.717, 1.165) is 55.6 Å². The van der Waals surface area contributed by atoms with E-state index in [1.165, 1.54) is 51.6 Å². The van der Waals surface area contributed by atoms with Gasteiger partial charge in [-0.1, -0.05) is 20.8 Å². The average molecular weight is 350 g/mol. The van der Waals surface area contributed by atoms with Crippen molar-refractivity contribution in [2.75, 3.05) is 26.3 Å². The zero-order valence-corrected chi connectivity index (χ0v) is 16.7. The first-order chi connectivity index (χ1) is 12.0. The zero-order valence-electron chi connectivity index (χ0n) is 16.7. The maximum Gasteiger partial charge on any atom is 0.168 e. The Labute approximate surface area is 154 Å². The van der Waals surface area contributed by atoms with Crippen molar-refractivity contribution in [1.29, 1.82) is 0 Å². The van der Waals surface area contributed by atoms with Gasteiger partial charge in [0.1, 0.15) is 0 Å². The Hall–Kier alpha value is -0.120. The molecule has 1 N–H and O–H groups in total. The standard InChI is InChI=1S/C22H39NO2/c1-16(2)20-5-7-22(24-10-11-25-22)14-19(20)12-17(3)18-4-6-21(13-18)8-9-23-15-21/h16-20,23H,4-15H2,1-3H3. The van der Waals surface area contributed by atoms with Crippen LogP contribution in [0.1, 0.15) is 72.1 Å². The molecule has 2 heterocycles. The van der Waals surface area contributed by atoms with Crippen LogP contribution in [0, 0.1) is 35.0 Å². The van der Waals surface area contributed by atoms with Gasteiger partial charge < -0.3 is 14.8 Å². The van der Waals surface area contributed by atoms with Crippen molar-refractivity contribution in [1.82, 2.24) is 5.32 Å². The maximum absolute atomic E-state index is 6.09. The summed E-state index contributed by atoms with van der Waals surface area (Å²) in [4.78, 5) is 0. The molecule has 2 saturated heterocycles. The van der Waals surface area contributed by atoms with Crippen LogP contribution in [0.2, 0.25) is 0 Å². The molecule has 3 heteroatoms. The molecule has 2 spiro atoms. The van der Waals surface area contributed by atoms with Gasteiger partial charge >= 0.3 is 0 Å². The summed E-state index contributed by atoms with van der Waals surface area (Å²) in [6.45, 7) is 11.5. The third-order valence-electron chi connectivity index (χ3n) is 8.26. The summed E-state index contributed by atoms with van der Waals surface area (Å²) in [5.74, 6) is 3.98. The summed E-state index contributed by atoms with van der Waals surface area (Å²) in [7, 11) is 0. The minimum Gasteiger partial charge on any atom is -0.348 e. The van der Waals surface area contributed by atoms with Crippen LogP contribution in [-0.2, 0) is 9.47 Å². The fourth-order valence-electron chi connectivity index (χ4n) is 6.76. The highest BCUT2D eigenvalue weighted by atomic mass is 16.7. The SMILES string of the molecule is CC(C)C1CCC2(CC1CC(C)C1CCC3(CCNC3)C1)OCCO2. The Morgan fingerprint density at radius 1 is 1.00 bits per heavy atom. The van der Waals surface area contributed by atoms with Crippen LogP contribution >= 0.6 is 0 Å². The van der Waals surface area contributed by atoms with Crippen molar-refractivity contribution in [3.05, 3.63) is 0 Å². The van der Waals surface area contributed by atoms with E-state index in [2.05, 4.69) is 26.1 Å². The molecule has 5 atom stereocenters. The summed E-state index contributed by atoms with van der Waals surface area (Å²) in [5.41, 5.74) is 0.655. The minimum absolute atomic E-state index is 0.220. The van der Waals surface area contributed by atoms with Crippen LogP contribution in [0.4, 0.5) is 0 Å². The highest BCUT2D eigenvalue weighted by Gasteiger charge is 2.47. The molecule has 0 aromatic rings. The van der Waals surface area contributed by atoms with Gasteiger partial charge in [-0.3, -0.25) is 0 Å². The van der Waals surface area contributed by atoms with E-state index in [1.807, 2.05) is 0 Å². The topological polar surface area (TPSA) is 30.5 Å². The summed E-state index contributed by atoms with van der Waals surface area (Å²) < 4.78 is 12.2. The Kier molecular flexibility index (Phi) is 5.20. The molecule has 4 rings (SSSR count). The number of hydrogen-bond donors (Lipinski definition) is 1. The highest BCUT2D eigenvalue weighted by molar-refractivity contribution is 4.97. The normalized spacial score (nSPS) is 42.0. The van der Waals surface area contributed by atoms with E-state index in [4.69, 9.17) is 9.47 Å². The second-order valence-electron chi connectivity index (χ2n) is 10.2. The van der Waals surface area contributed by atoms with Crippen LogP contribution in [-0.4, -0.2) is 32.1 Å². The molecule has 5 unspecified atom stereocenters. The maximum atomic E-state index is 6.09. The lowest BCUT2D eigenvalue weighted by molar-refractivity contribution is -0.199. The molecular weight excluding hydrogens is 310 g/mol. The average Bonchev–Trinajstić information content (AvgIpc) is 3.31. The van der Waals surface area contributed by atoms with Crippen molar-refractivity contribution >= 4 is 0 Å². The van der Waals surface area contributed by atoms with Gasteiger partial charge in [0.05, 0.1) is 13.2 Å². The second kappa shape index (κ2) is 7.13. The summed E-state index contributed by atoms with van der Waals surface area (Å²) in [6, 6.07) is 0. The minimum atomic E-state index is -0.220. The predicted octanol–water partition coefficient (Wildman–Crippen LogP) is 4.61. The van der Waals surface area contributed by atoms with Gasteiger partial charge in [-0.25, -0.2) is 0 Å². The number of rotatable bonds is 4. The highest BCUT2D eigenvalue weighted by Crippen LogP contribution is 2.52. The quantitative estimate of drug-likeness (QED) is 0.804. The first kappa shape index (κ1) is 18.3. The lowest BCUT2D eigenvalue weighted by atomic mass is 9.67. The molecule has 0 aromatic carbocycles. The monoisotopic (exact) mass is 349 g/mol. The molecule has 3 nitrogen and oxygen atoms in total. The third kappa shape index (κ3) is 3.66. The molecule has 2 aliphatic heterocycles. The number of ether oxygens (including phenoxy) is 2. The molecular formula is C22H39NO2. The smallest absolute Gasteiger partial charge is 0.168 e. The first-order valence-electron chi connectivity index (χ1n) is 11.0. The van der Waals surface area contributed by atoms with Crippen LogP contribution in [0.15, 0.2) is 0 Å². The van der Waals surface area contributed by atoms with Gasteiger partial charge in [-0.2, -0.15) is 0 Å². The van der Waals surface area contributed by atoms with Crippen molar-refractivity contribution in [3.63, 3.8) is 0 Å². The molecule has 4 aliphatic rings. The fraction of sp³-hybridized carbons (Fsp3) is 1.00. The lowest BCUT2D eigenvalue weighted by Crippen LogP contribution is -2.42. The van der Waals surface area contributed by atoms with E-state index in [9.17, 15) is 0 Å². The molecule has 2 aliphatic carbocycles.